The van der Waals surface area contributed by atoms with Crippen molar-refractivity contribution in [3.8, 4) is 0 Å². The van der Waals surface area contributed by atoms with E-state index in [-0.39, 0.29) is 29.6 Å². The van der Waals surface area contributed by atoms with Crippen LogP contribution in [0.1, 0.15) is 92.2 Å². The topological polar surface area (TPSA) is 146 Å². The molecule has 0 bridgehead atoms. The Labute approximate surface area is 334 Å². The summed E-state index contributed by atoms with van der Waals surface area (Å²) in [5, 5.41) is 16.8. The number of hydrogen-bond donors (Lipinski definition) is 2. The van der Waals surface area contributed by atoms with Gasteiger partial charge in [-0.2, -0.15) is 0 Å². The van der Waals surface area contributed by atoms with Gasteiger partial charge < -0.3 is 29.2 Å². The van der Waals surface area contributed by atoms with E-state index in [1.54, 1.807) is 55.4 Å². The Balaban J connectivity index is 2.47. The van der Waals surface area contributed by atoms with Crippen LogP contribution in [0.4, 0.5) is 0 Å². The Kier molecular flexibility index (Phi) is 19.2. The SMILES string of the molecule is CC(C)(C)OC(=O)C(C)(CCc1ccccc1)CC(SC(=S)SC(CC(C)(CCc1ccccc1)C(=O)OC(C)(C)C)C(=O)OCCO)C(=O)OCCO. The Bertz CT molecular complexity index is 1400. The number of aliphatic hydroxyl groups is 2. The van der Waals surface area contributed by atoms with Crippen molar-refractivity contribution in [1.29, 1.82) is 0 Å². The molecule has 0 saturated heterocycles. The molecule has 4 unspecified atom stereocenters. The van der Waals surface area contributed by atoms with Crippen molar-refractivity contribution in [2.45, 2.75) is 116 Å². The molecule has 0 aromatic heterocycles. The minimum atomic E-state index is -1.16. The fourth-order valence-corrected chi connectivity index (χ4v) is 8.72. The van der Waals surface area contributed by atoms with Crippen LogP contribution in [-0.4, -0.2) is 85.7 Å². The van der Waals surface area contributed by atoms with Gasteiger partial charge in [0.2, 0.25) is 0 Å². The molecular formula is C41H58O10S3. The summed E-state index contributed by atoms with van der Waals surface area (Å²) in [6, 6.07) is 19.3. The maximum absolute atomic E-state index is 13.8. The molecule has 0 aliphatic heterocycles. The molecule has 10 nitrogen and oxygen atoms in total. The molecule has 0 radical (unpaired) electrons. The summed E-state index contributed by atoms with van der Waals surface area (Å²) in [7, 11) is 0. The van der Waals surface area contributed by atoms with Crippen LogP contribution < -0.4 is 0 Å². The Morgan fingerprint density at radius 3 is 1.24 bits per heavy atom. The van der Waals surface area contributed by atoms with Gasteiger partial charge in [0.15, 0.2) is 0 Å². The number of aliphatic hydroxyl groups excluding tert-OH is 2. The predicted molar refractivity (Wildman–Crippen MR) is 218 cm³/mol. The van der Waals surface area contributed by atoms with Crippen molar-refractivity contribution in [2.24, 2.45) is 10.8 Å². The van der Waals surface area contributed by atoms with Gasteiger partial charge in [-0.15, -0.1) is 0 Å². The van der Waals surface area contributed by atoms with Crippen LogP contribution in [0.5, 0.6) is 0 Å². The second kappa shape index (κ2) is 21.9. The van der Waals surface area contributed by atoms with Crippen molar-refractivity contribution < 1.29 is 48.3 Å². The van der Waals surface area contributed by atoms with Crippen LogP contribution in [0.15, 0.2) is 60.7 Å². The highest BCUT2D eigenvalue weighted by atomic mass is 32.2. The number of aryl methyl sites for hydroxylation is 2. The molecule has 0 heterocycles. The summed E-state index contributed by atoms with van der Waals surface area (Å²) >= 11 is 7.75. The van der Waals surface area contributed by atoms with Gasteiger partial charge in [0.25, 0.3) is 0 Å². The number of thiocarbonyl (C=S) groups is 1. The summed E-state index contributed by atoms with van der Waals surface area (Å²) < 4.78 is 22.6. The molecule has 2 N–H and O–H groups in total. The lowest BCUT2D eigenvalue weighted by Gasteiger charge is -2.34. The second-order valence-electron chi connectivity index (χ2n) is 15.7. The van der Waals surface area contributed by atoms with Crippen LogP contribution in [0.2, 0.25) is 0 Å². The van der Waals surface area contributed by atoms with Crippen molar-refractivity contribution in [3.05, 3.63) is 71.8 Å². The standard InChI is InChI=1S/C41H58O10S3/c1-38(2,3)50-35(46)40(7,21-19-29-15-11-9-12-16-29)27-31(33(44)48-25-23-42)53-37(52)54-32(34(45)49-26-24-43)28-41(8,36(47)51-39(4,5)6)22-20-30-17-13-10-14-18-30/h9-18,31-32,42-43H,19-28H2,1-8H3. The van der Waals surface area contributed by atoms with E-state index in [1.165, 1.54) is 0 Å². The number of carbonyl (C=O) groups excluding carboxylic acids is 4. The molecule has 0 saturated carbocycles. The molecule has 2 aromatic rings. The largest absolute Gasteiger partial charge is 0.462 e. The van der Waals surface area contributed by atoms with Crippen LogP contribution in [0.25, 0.3) is 0 Å². The smallest absolute Gasteiger partial charge is 0.319 e. The molecule has 13 heteroatoms. The van der Waals surface area contributed by atoms with E-state index in [1.807, 2.05) is 60.7 Å². The molecule has 0 aliphatic rings. The Hall–Kier alpha value is -2.97. The van der Waals surface area contributed by atoms with Gasteiger partial charge in [0.1, 0.15) is 38.4 Å². The molecule has 0 fully saturated rings. The van der Waals surface area contributed by atoms with Crippen molar-refractivity contribution in [1.82, 2.24) is 0 Å². The highest BCUT2D eigenvalue weighted by molar-refractivity contribution is 8.47. The average Bonchev–Trinajstić information content (AvgIpc) is 3.10. The minimum absolute atomic E-state index is 0.0172. The van der Waals surface area contributed by atoms with E-state index >= 15 is 0 Å². The highest BCUT2D eigenvalue weighted by Crippen LogP contribution is 2.42. The number of carbonyl (C=O) groups is 4. The van der Waals surface area contributed by atoms with Gasteiger partial charge in [-0.05, 0) is 105 Å². The zero-order valence-corrected chi connectivity index (χ0v) is 35.3. The summed E-state index contributed by atoms with van der Waals surface area (Å²) in [6.45, 7) is 12.8. The minimum Gasteiger partial charge on any atom is -0.462 e. The van der Waals surface area contributed by atoms with Crippen LogP contribution in [0, 0.1) is 10.8 Å². The third kappa shape index (κ3) is 17.2. The van der Waals surface area contributed by atoms with Crippen molar-refractivity contribution >= 4 is 63.1 Å². The van der Waals surface area contributed by atoms with E-state index in [4.69, 9.17) is 31.2 Å². The first-order valence-electron chi connectivity index (χ1n) is 18.2. The number of thioether (sulfide) groups is 2. The maximum Gasteiger partial charge on any atom is 0.319 e. The Morgan fingerprint density at radius 1 is 0.611 bits per heavy atom. The number of ether oxygens (including phenoxy) is 4. The summed E-state index contributed by atoms with van der Waals surface area (Å²) in [4.78, 5) is 54.8. The average molecular weight is 807 g/mol. The summed E-state index contributed by atoms with van der Waals surface area (Å²) in [5.41, 5.74) is -1.89. The van der Waals surface area contributed by atoms with Gasteiger partial charge in [-0.1, -0.05) is 96.4 Å². The van der Waals surface area contributed by atoms with Crippen molar-refractivity contribution in [2.75, 3.05) is 26.4 Å². The monoisotopic (exact) mass is 806 g/mol. The first-order valence-corrected chi connectivity index (χ1v) is 20.3. The molecule has 0 amide bonds. The van der Waals surface area contributed by atoms with Crippen LogP contribution in [0.3, 0.4) is 0 Å². The lowest BCUT2D eigenvalue weighted by molar-refractivity contribution is -0.169. The highest BCUT2D eigenvalue weighted by Gasteiger charge is 2.44. The van der Waals surface area contributed by atoms with Gasteiger partial charge in [0.05, 0.1) is 24.0 Å². The molecule has 300 valence electrons. The third-order valence-corrected chi connectivity index (χ3v) is 11.2. The predicted octanol–water partition coefficient (Wildman–Crippen LogP) is 7.29. The van der Waals surface area contributed by atoms with Crippen LogP contribution in [-0.2, 0) is 51.0 Å². The molecule has 0 aliphatic carbocycles. The zero-order valence-electron chi connectivity index (χ0n) is 32.9. The fraction of sp³-hybridized carbons (Fsp3) is 0.585. The zero-order chi connectivity index (χ0) is 40.6. The van der Waals surface area contributed by atoms with Gasteiger partial charge in [-0.3, -0.25) is 19.2 Å². The first-order chi connectivity index (χ1) is 25.2. The molecule has 0 spiro atoms. The third-order valence-electron chi connectivity index (χ3n) is 8.35. The number of hydrogen-bond acceptors (Lipinski definition) is 13. The van der Waals surface area contributed by atoms with Crippen LogP contribution >= 0.6 is 35.7 Å². The van der Waals surface area contributed by atoms with E-state index in [9.17, 15) is 29.4 Å². The van der Waals surface area contributed by atoms with E-state index in [2.05, 4.69) is 0 Å². The van der Waals surface area contributed by atoms with Gasteiger partial charge in [0, 0.05) is 0 Å². The Morgan fingerprint density at radius 2 is 0.944 bits per heavy atom. The van der Waals surface area contributed by atoms with Crippen molar-refractivity contribution in [3.63, 3.8) is 0 Å². The molecule has 2 aromatic carbocycles. The van der Waals surface area contributed by atoms with Gasteiger partial charge in [-0.25, -0.2) is 0 Å². The number of benzene rings is 2. The molecule has 2 rings (SSSR count). The normalized spacial score (nSPS) is 15.1. The lowest BCUT2D eigenvalue weighted by atomic mass is 9.79. The molecule has 54 heavy (non-hydrogen) atoms. The van der Waals surface area contributed by atoms with E-state index in [0.717, 1.165) is 34.7 Å². The summed E-state index contributed by atoms with van der Waals surface area (Å²) in [5.74, 6) is -2.34. The first kappa shape index (κ1) is 47.2. The quantitative estimate of drug-likeness (QED) is 0.0786. The number of esters is 4. The molecular weight excluding hydrogens is 749 g/mol. The second-order valence-corrected chi connectivity index (χ2v) is 19.4. The number of rotatable bonds is 20. The fourth-order valence-electron chi connectivity index (χ4n) is 5.41. The van der Waals surface area contributed by atoms with E-state index in [0.29, 0.717) is 25.7 Å². The van der Waals surface area contributed by atoms with Gasteiger partial charge >= 0.3 is 23.9 Å². The maximum atomic E-state index is 13.8. The summed E-state index contributed by atoms with van der Waals surface area (Å²) in [6.07, 6.45) is 1.73. The lowest BCUT2D eigenvalue weighted by Crippen LogP contribution is -2.41. The molecule has 4 atom stereocenters. The van der Waals surface area contributed by atoms with E-state index < -0.39 is 69.6 Å².